The quantitative estimate of drug-likeness (QED) is 0.306. The lowest BCUT2D eigenvalue weighted by molar-refractivity contribution is -0.136. The van der Waals surface area contributed by atoms with Crippen molar-refractivity contribution in [3.05, 3.63) is 64.0 Å². The van der Waals surface area contributed by atoms with Crippen LogP contribution in [0.25, 0.3) is 6.08 Å². The van der Waals surface area contributed by atoms with Crippen molar-refractivity contribution in [3.8, 4) is 0 Å². The molecule has 1 N–H and O–H groups in total. The highest BCUT2D eigenvalue weighted by atomic mass is 16.5. The molecular weight excluding hydrogens is 390 g/mol. The first kappa shape index (κ1) is 22.6. The molecule has 1 heterocycles. The van der Waals surface area contributed by atoms with Crippen LogP contribution in [-0.4, -0.2) is 49.0 Å². The van der Waals surface area contributed by atoms with Crippen molar-refractivity contribution in [2.24, 2.45) is 0 Å². The van der Waals surface area contributed by atoms with Crippen molar-refractivity contribution < 1.29 is 33.4 Å². The Morgan fingerprint density at radius 1 is 1.00 bits per heavy atom. The molecule has 0 saturated heterocycles. The number of ketones is 1. The minimum atomic E-state index is -0.702. The number of rotatable bonds is 8. The van der Waals surface area contributed by atoms with E-state index in [2.05, 4.69) is 9.72 Å². The lowest BCUT2D eigenvalue weighted by atomic mass is 10.1. The van der Waals surface area contributed by atoms with E-state index in [1.807, 2.05) is 0 Å². The van der Waals surface area contributed by atoms with E-state index in [1.54, 1.807) is 45.0 Å². The summed E-state index contributed by atoms with van der Waals surface area (Å²) in [5.74, 6) is -2.13. The van der Waals surface area contributed by atoms with Crippen LogP contribution in [0.3, 0.4) is 0 Å². The fourth-order valence-corrected chi connectivity index (χ4v) is 2.81. The van der Waals surface area contributed by atoms with E-state index in [9.17, 15) is 19.2 Å². The number of methoxy groups -OCH3 is 1. The Morgan fingerprint density at radius 3 is 2.27 bits per heavy atom. The van der Waals surface area contributed by atoms with Gasteiger partial charge in [0.15, 0.2) is 6.61 Å². The Kier molecular flexibility index (Phi) is 7.69. The average Bonchev–Trinajstić information content (AvgIpc) is 3.04. The largest absolute Gasteiger partial charge is 0.465 e. The molecule has 0 bridgehead atoms. The molecule has 0 saturated carbocycles. The van der Waals surface area contributed by atoms with E-state index in [-0.39, 0.29) is 12.3 Å². The predicted octanol–water partition coefficient (Wildman–Crippen LogP) is 3.03. The van der Waals surface area contributed by atoms with E-state index in [0.717, 1.165) is 0 Å². The van der Waals surface area contributed by atoms with Gasteiger partial charge in [-0.1, -0.05) is 12.1 Å². The Labute approximate surface area is 173 Å². The summed E-state index contributed by atoms with van der Waals surface area (Å²) in [6.45, 7) is 4.73. The molecule has 0 radical (unpaired) electrons. The van der Waals surface area contributed by atoms with Crippen LogP contribution in [0.5, 0.6) is 0 Å². The number of Topliss-reactive ketones (excluding diaryl/α,β-unsaturated/α-hetero) is 1. The summed E-state index contributed by atoms with van der Waals surface area (Å²) in [6, 6.07) is 6.42. The summed E-state index contributed by atoms with van der Waals surface area (Å²) < 4.78 is 14.6. The van der Waals surface area contributed by atoms with Gasteiger partial charge in [-0.2, -0.15) is 0 Å². The van der Waals surface area contributed by atoms with Crippen molar-refractivity contribution in [2.75, 3.05) is 20.3 Å². The van der Waals surface area contributed by atoms with Gasteiger partial charge in [-0.3, -0.25) is 4.79 Å². The van der Waals surface area contributed by atoms with Gasteiger partial charge in [0.1, 0.15) is 0 Å². The number of H-pyrrole nitrogens is 1. The lowest BCUT2D eigenvalue weighted by Gasteiger charge is -2.03. The van der Waals surface area contributed by atoms with E-state index >= 15 is 0 Å². The number of aromatic amines is 1. The van der Waals surface area contributed by atoms with Crippen LogP contribution < -0.4 is 0 Å². The summed E-state index contributed by atoms with van der Waals surface area (Å²) in [6.07, 6.45) is 2.67. The molecule has 1 aromatic carbocycles. The Morgan fingerprint density at radius 2 is 1.67 bits per heavy atom. The number of esters is 3. The van der Waals surface area contributed by atoms with Gasteiger partial charge in [0.25, 0.3) is 0 Å². The van der Waals surface area contributed by atoms with Crippen LogP contribution in [0.4, 0.5) is 0 Å². The monoisotopic (exact) mass is 413 g/mol. The first-order valence-corrected chi connectivity index (χ1v) is 9.21. The lowest BCUT2D eigenvalue weighted by Crippen LogP contribution is -2.14. The standard InChI is InChI=1S/C22H23NO7/c1-5-29-22(27)19-13(2)20(23-14(19)3)17(24)12-30-18(25)11-8-15-6-9-16(10-7-15)21(26)28-4/h6-11,23H,5,12H2,1-4H3/b11-8+. The van der Waals surface area contributed by atoms with Crippen LogP contribution in [-0.2, 0) is 19.0 Å². The van der Waals surface area contributed by atoms with Crippen LogP contribution in [0.2, 0.25) is 0 Å². The molecule has 30 heavy (non-hydrogen) atoms. The number of carbonyl (C=O) groups is 4. The smallest absolute Gasteiger partial charge is 0.340 e. The molecule has 0 fully saturated rings. The zero-order valence-electron chi connectivity index (χ0n) is 17.2. The van der Waals surface area contributed by atoms with Crippen molar-refractivity contribution in [3.63, 3.8) is 0 Å². The fraction of sp³-hybridized carbons (Fsp3) is 0.273. The molecule has 0 aliphatic heterocycles. The molecule has 158 valence electrons. The summed E-state index contributed by atoms with van der Waals surface area (Å²) >= 11 is 0. The number of aromatic nitrogens is 1. The van der Waals surface area contributed by atoms with Crippen LogP contribution in [0.15, 0.2) is 30.3 Å². The number of ether oxygens (including phenoxy) is 3. The highest BCUT2D eigenvalue weighted by Gasteiger charge is 2.23. The molecule has 8 nitrogen and oxygen atoms in total. The first-order chi connectivity index (χ1) is 14.3. The van der Waals surface area contributed by atoms with Gasteiger partial charge in [-0.25, -0.2) is 14.4 Å². The number of hydrogen-bond acceptors (Lipinski definition) is 7. The minimum Gasteiger partial charge on any atom is -0.465 e. The zero-order valence-corrected chi connectivity index (χ0v) is 17.2. The van der Waals surface area contributed by atoms with Crippen molar-refractivity contribution in [1.29, 1.82) is 0 Å². The third-order valence-electron chi connectivity index (χ3n) is 4.29. The molecule has 0 amide bonds. The number of aryl methyl sites for hydroxylation is 1. The van der Waals surface area contributed by atoms with E-state index in [4.69, 9.17) is 9.47 Å². The molecule has 8 heteroatoms. The normalized spacial score (nSPS) is 10.7. The first-order valence-electron chi connectivity index (χ1n) is 9.21. The highest BCUT2D eigenvalue weighted by Crippen LogP contribution is 2.19. The van der Waals surface area contributed by atoms with Crippen LogP contribution in [0, 0.1) is 13.8 Å². The molecule has 1 aromatic heterocycles. The maximum atomic E-state index is 12.4. The highest BCUT2D eigenvalue weighted by molar-refractivity contribution is 6.03. The number of benzene rings is 1. The maximum Gasteiger partial charge on any atom is 0.340 e. The summed E-state index contributed by atoms with van der Waals surface area (Å²) in [5, 5.41) is 0. The molecule has 2 rings (SSSR count). The SMILES string of the molecule is CCOC(=O)c1c(C)[nH]c(C(=O)COC(=O)/C=C/c2ccc(C(=O)OC)cc2)c1C. The van der Waals surface area contributed by atoms with E-state index in [1.165, 1.54) is 19.3 Å². The van der Waals surface area contributed by atoms with Crippen molar-refractivity contribution >= 4 is 29.8 Å². The third kappa shape index (κ3) is 5.44. The van der Waals surface area contributed by atoms with Gasteiger partial charge < -0.3 is 19.2 Å². The summed E-state index contributed by atoms with van der Waals surface area (Å²) in [7, 11) is 1.29. The maximum absolute atomic E-state index is 12.4. The van der Waals surface area contributed by atoms with Gasteiger partial charge >= 0.3 is 17.9 Å². The summed E-state index contributed by atoms with van der Waals surface area (Å²) in [5.41, 5.74) is 2.53. The number of hydrogen-bond donors (Lipinski definition) is 1. The Hall–Kier alpha value is -3.68. The van der Waals surface area contributed by atoms with Crippen LogP contribution in [0.1, 0.15) is 54.9 Å². The molecule has 0 atom stereocenters. The topological polar surface area (TPSA) is 112 Å². The second-order valence-corrected chi connectivity index (χ2v) is 6.32. The van der Waals surface area contributed by atoms with E-state index < -0.39 is 30.3 Å². The second-order valence-electron chi connectivity index (χ2n) is 6.32. The Bertz CT molecular complexity index is 984. The van der Waals surface area contributed by atoms with Crippen LogP contribution >= 0.6 is 0 Å². The van der Waals surface area contributed by atoms with E-state index in [0.29, 0.717) is 27.9 Å². The molecular formula is C22H23NO7. The zero-order chi connectivity index (χ0) is 22.3. The number of nitrogens with one attached hydrogen (secondary N) is 1. The second kappa shape index (κ2) is 10.2. The molecule has 2 aromatic rings. The fourth-order valence-electron chi connectivity index (χ4n) is 2.81. The van der Waals surface area contributed by atoms with Gasteiger partial charge in [-0.15, -0.1) is 0 Å². The summed E-state index contributed by atoms with van der Waals surface area (Å²) in [4.78, 5) is 50.6. The van der Waals surface area contributed by atoms with Crippen molar-refractivity contribution in [1.82, 2.24) is 4.98 Å². The van der Waals surface area contributed by atoms with Gasteiger partial charge in [0.2, 0.25) is 5.78 Å². The van der Waals surface area contributed by atoms with Gasteiger partial charge in [-0.05, 0) is 50.1 Å². The predicted molar refractivity (Wildman–Crippen MR) is 108 cm³/mol. The minimum absolute atomic E-state index is 0.200. The molecule has 0 spiro atoms. The molecule has 0 aliphatic carbocycles. The molecule has 0 unspecified atom stereocenters. The number of carbonyl (C=O) groups excluding carboxylic acids is 4. The van der Waals surface area contributed by atoms with Gasteiger partial charge in [0.05, 0.1) is 30.5 Å². The third-order valence-corrected chi connectivity index (χ3v) is 4.29. The van der Waals surface area contributed by atoms with Gasteiger partial charge in [0, 0.05) is 11.8 Å². The Balaban J connectivity index is 1.97. The average molecular weight is 413 g/mol. The van der Waals surface area contributed by atoms with Crippen molar-refractivity contribution in [2.45, 2.75) is 20.8 Å². The molecule has 0 aliphatic rings.